The molecule has 0 aliphatic rings. The highest BCUT2D eigenvalue weighted by Gasteiger charge is 2.29. The molecule has 10 heteroatoms. The summed E-state index contributed by atoms with van der Waals surface area (Å²) in [7, 11) is 3.91. The molecule has 0 saturated carbocycles. The molecule has 0 fully saturated rings. The Bertz CT molecular complexity index is 283. The second kappa shape index (κ2) is 14.8. The lowest BCUT2D eigenvalue weighted by Crippen LogP contribution is -2.15. The van der Waals surface area contributed by atoms with Gasteiger partial charge in [0.2, 0.25) is 0 Å². The smallest absolute Gasteiger partial charge is 0.126 e. The molecule has 0 aliphatic heterocycles. The summed E-state index contributed by atoms with van der Waals surface area (Å²) in [6, 6.07) is -3.38. The fraction of sp³-hybridized carbons (Fsp3) is 1.00. The van der Waals surface area contributed by atoms with Crippen LogP contribution in [-0.2, 0) is 0 Å². The van der Waals surface area contributed by atoms with Crippen molar-refractivity contribution in [1.82, 2.24) is 0 Å². The lowest BCUT2D eigenvalue weighted by atomic mass is 10.0. The number of hydrogen-bond acceptors (Lipinski definition) is 2. The van der Waals surface area contributed by atoms with Crippen LogP contribution in [0.3, 0.4) is 0 Å². The van der Waals surface area contributed by atoms with Gasteiger partial charge in [-0.25, -0.2) is 0 Å². The van der Waals surface area contributed by atoms with Crippen LogP contribution >= 0.6 is 88.1 Å². The second-order valence-corrected chi connectivity index (χ2v) is 27.2. The van der Waals surface area contributed by atoms with Crippen LogP contribution in [0.5, 0.6) is 0 Å². The highest BCUT2D eigenvalue weighted by molar-refractivity contribution is 8.76. The highest BCUT2D eigenvalue weighted by Crippen LogP contribution is 2.35. The van der Waals surface area contributed by atoms with Gasteiger partial charge in [0.1, 0.15) is 0 Å². The fourth-order valence-corrected chi connectivity index (χ4v) is 11.0. The molecule has 0 N–H and O–H groups in total. The third-order valence-electron chi connectivity index (χ3n) is 3.96. The van der Waals surface area contributed by atoms with Crippen molar-refractivity contribution >= 4 is 100 Å². The van der Waals surface area contributed by atoms with Crippen molar-refractivity contribution in [1.29, 1.82) is 0 Å². The predicted molar refractivity (Wildman–Crippen MR) is 127 cm³/mol. The van der Waals surface area contributed by atoms with Crippen LogP contribution in [0.1, 0.15) is 52.4 Å². The quantitative estimate of drug-likeness (QED) is 0.0898. The van der Waals surface area contributed by atoms with E-state index in [1.165, 1.54) is 24.3 Å². The Kier molecular flexibility index (Phi) is 16.6. The summed E-state index contributed by atoms with van der Waals surface area (Å²) in [6.07, 6.45) is 6.92. The average Bonchev–Trinajstić information content (AvgIpc) is 2.44. The number of halogens is 6. The van der Waals surface area contributed by atoms with Gasteiger partial charge in [-0.3, -0.25) is 0 Å². The molecule has 0 bridgehead atoms. The van der Waals surface area contributed by atoms with Crippen molar-refractivity contribution in [2.75, 3.05) is 11.5 Å². The molecule has 0 aromatic carbocycles. The van der Waals surface area contributed by atoms with Crippen molar-refractivity contribution < 1.29 is 0 Å². The van der Waals surface area contributed by atoms with Gasteiger partial charge in [0.05, 0.1) is 0 Å². The summed E-state index contributed by atoms with van der Waals surface area (Å²) in [6.45, 7) is 4.36. The van der Waals surface area contributed by atoms with Gasteiger partial charge in [-0.05, 0) is 49.6 Å². The molecule has 0 aliphatic carbocycles. The van der Waals surface area contributed by atoms with E-state index in [4.69, 9.17) is 66.5 Å². The van der Waals surface area contributed by atoms with Gasteiger partial charge >= 0.3 is 12.0 Å². The van der Waals surface area contributed by atoms with Crippen LogP contribution in [0, 0.1) is 11.8 Å². The Morgan fingerprint density at radius 3 is 1.25 bits per heavy atom. The molecule has 146 valence electrons. The molecule has 24 heavy (non-hydrogen) atoms. The van der Waals surface area contributed by atoms with E-state index < -0.39 is 12.0 Å². The maximum absolute atomic E-state index is 6.02. The van der Waals surface area contributed by atoms with Crippen LogP contribution < -0.4 is 0 Å². The third-order valence-corrected chi connectivity index (χ3v) is 11.4. The van der Waals surface area contributed by atoms with Gasteiger partial charge < -0.3 is 0 Å². The lowest BCUT2D eigenvalue weighted by Gasteiger charge is -2.18. The zero-order chi connectivity index (χ0) is 18.6. The van der Waals surface area contributed by atoms with Crippen molar-refractivity contribution in [3.05, 3.63) is 0 Å². The first kappa shape index (κ1) is 26.9. The van der Waals surface area contributed by atoms with E-state index in [9.17, 15) is 0 Å². The molecule has 0 saturated heterocycles. The zero-order valence-electron chi connectivity index (χ0n) is 14.3. The van der Waals surface area contributed by atoms with E-state index in [0.29, 0.717) is 11.8 Å². The lowest BCUT2D eigenvalue weighted by molar-refractivity contribution is 0.509. The summed E-state index contributed by atoms with van der Waals surface area (Å²) in [5.41, 5.74) is 0. The van der Waals surface area contributed by atoms with E-state index in [0.717, 1.165) is 37.8 Å². The fourth-order valence-electron chi connectivity index (χ4n) is 2.54. The molecule has 0 aromatic rings. The minimum absolute atomic E-state index is 0.561. The normalized spacial score (nSPS) is 15.5. The van der Waals surface area contributed by atoms with Crippen LogP contribution in [-0.4, -0.2) is 23.5 Å². The van der Waals surface area contributed by atoms with E-state index in [-0.39, 0.29) is 0 Å². The molecule has 0 radical (unpaired) electrons. The SMILES string of the molecule is CCC(CCCSSCCCC(CC)C[Si](Cl)(Cl)Cl)C[Si](Cl)(Cl)Cl. The van der Waals surface area contributed by atoms with Crippen molar-refractivity contribution in [3.8, 4) is 0 Å². The molecule has 0 spiro atoms. The van der Waals surface area contributed by atoms with Crippen LogP contribution in [0.2, 0.25) is 12.1 Å². The minimum atomic E-state index is -2.48. The van der Waals surface area contributed by atoms with E-state index in [1.54, 1.807) is 0 Å². The predicted octanol–water partition coefficient (Wildman–Crippen LogP) is 9.29. The summed E-state index contributed by atoms with van der Waals surface area (Å²) >= 11 is 36.1. The molecule has 0 nitrogen and oxygen atoms in total. The zero-order valence-corrected chi connectivity index (χ0v) is 22.5. The molecule has 2 atom stereocenters. The number of hydrogen-bond donors (Lipinski definition) is 0. The molecular formula is C14H28Cl6S2Si2. The summed E-state index contributed by atoms with van der Waals surface area (Å²) < 4.78 is 0. The molecule has 0 aromatic heterocycles. The summed E-state index contributed by atoms with van der Waals surface area (Å²) in [5, 5.41) is 0. The van der Waals surface area contributed by atoms with Crippen molar-refractivity contribution in [2.24, 2.45) is 11.8 Å². The monoisotopic (exact) mass is 526 g/mol. The van der Waals surface area contributed by atoms with Crippen molar-refractivity contribution in [2.45, 2.75) is 64.5 Å². The highest BCUT2D eigenvalue weighted by atomic mass is 35.8. The van der Waals surface area contributed by atoms with Crippen LogP contribution in [0.4, 0.5) is 0 Å². The maximum atomic E-state index is 6.02. The Balaban J connectivity index is 3.63. The molecule has 0 rings (SSSR count). The Labute approximate surface area is 186 Å². The molecular weight excluding hydrogens is 501 g/mol. The summed E-state index contributed by atoms with van der Waals surface area (Å²) in [5.74, 6) is 3.46. The molecule has 0 heterocycles. The third kappa shape index (κ3) is 18.2. The van der Waals surface area contributed by atoms with E-state index in [2.05, 4.69) is 13.8 Å². The van der Waals surface area contributed by atoms with E-state index in [1.807, 2.05) is 21.6 Å². The maximum Gasteiger partial charge on any atom is 0.341 e. The standard InChI is InChI=1S/C14H28Cl6S2Si2/c1-3-13(11-23(15,16)17)7-5-9-21-22-10-6-8-14(4-2)12-24(18,19)20/h13-14H,3-12H2,1-2H3. The Hall–Kier alpha value is 2.87. The van der Waals surface area contributed by atoms with Crippen molar-refractivity contribution in [3.63, 3.8) is 0 Å². The van der Waals surface area contributed by atoms with E-state index >= 15 is 0 Å². The van der Waals surface area contributed by atoms with Crippen LogP contribution in [0.15, 0.2) is 0 Å². The van der Waals surface area contributed by atoms with Gasteiger partial charge in [0.15, 0.2) is 0 Å². The first-order valence-corrected chi connectivity index (χ1v) is 21.4. The average molecular weight is 529 g/mol. The Morgan fingerprint density at radius 1 is 0.667 bits per heavy atom. The topological polar surface area (TPSA) is 0 Å². The van der Waals surface area contributed by atoms with Gasteiger partial charge in [-0.2, -0.15) is 0 Å². The van der Waals surface area contributed by atoms with Crippen LogP contribution in [0.25, 0.3) is 0 Å². The molecule has 2 unspecified atom stereocenters. The van der Waals surface area contributed by atoms with Gasteiger partial charge in [-0.1, -0.05) is 48.3 Å². The first-order chi connectivity index (χ1) is 11.1. The minimum Gasteiger partial charge on any atom is -0.126 e. The molecule has 0 amide bonds. The van der Waals surface area contributed by atoms with Gasteiger partial charge in [-0.15, -0.1) is 66.5 Å². The number of rotatable bonds is 15. The second-order valence-electron chi connectivity index (χ2n) is 6.12. The first-order valence-electron chi connectivity index (χ1n) is 8.45. The van der Waals surface area contributed by atoms with Gasteiger partial charge in [0.25, 0.3) is 0 Å². The Morgan fingerprint density at radius 2 is 1.00 bits per heavy atom. The summed E-state index contributed by atoms with van der Waals surface area (Å²) in [4.78, 5) is 0. The largest absolute Gasteiger partial charge is 0.341 e. The van der Waals surface area contributed by atoms with Gasteiger partial charge in [0, 0.05) is 11.5 Å².